The standard InChI is InChI=1S/C18H36F2/c1-13(2)17(10,19)16(8,9)11-12-18(20,14(3)4)15(5,6)7/h13-14H,11-12H2,1-10H3/t17-,18?/m1/s1. The molecule has 0 amide bonds. The third-order valence-electron chi connectivity index (χ3n) is 5.68. The van der Waals surface area contributed by atoms with Crippen LogP contribution in [0.25, 0.3) is 0 Å². The van der Waals surface area contributed by atoms with E-state index in [4.69, 9.17) is 0 Å². The molecule has 0 heterocycles. The second-order valence-corrected chi connectivity index (χ2v) is 8.88. The van der Waals surface area contributed by atoms with Crippen molar-refractivity contribution in [3.63, 3.8) is 0 Å². The van der Waals surface area contributed by atoms with Crippen molar-refractivity contribution in [3.05, 3.63) is 0 Å². The van der Waals surface area contributed by atoms with E-state index in [1.165, 1.54) is 0 Å². The van der Waals surface area contributed by atoms with E-state index in [0.717, 1.165) is 0 Å². The van der Waals surface area contributed by atoms with Gasteiger partial charge in [0.2, 0.25) is 0 Å². The maximum absolute atomic E-state index is 15.4. The van der Waals surface area contributed by atoms with Crippen molar-refractivity contribution in [2.75, 3.05) is 0 Å². The SMILES string of the molecule is CC(C)C(F)(CCC(C)(C)[C@](C)(F)C(C)C)C(C)(C)C. The van der Waals surface area contributed by atoms with Crippen molar-refractivity contribution < 1.29 is 8.78 Å². The second-order valence-electron chi connectivity index (χ2n) is 8.88. The van der Waals surface area contributed by atoms with E-state index in [9.17, 15) is 4.39 Å². The lowest BCUT2D eigenvalue weighted by Gasteiger charge is -2.46. The van der Waals surface area contributed by atoms with Crippen LogP contribution in [0.3, 0.4) is 0 Å². The summed E-state index contributed by atoms with van der Waals surface area (Å²) in [5.74, 6) is -0.136. The zero-order valence-electron chi connectivity index (χ0n) is 15.3. The minimum Gasteiger partial charge on any atom is -0.243 e. The van der Waals surface area contributed by atoms with E-state index in [-0.39, 0.29) is 11.8 Å². The maximum atomic E-state index is 15.4. The van der Waals surface area contributed by atoms with E-state index < -0.39 is 22.2 Å². The average Bonchev–Trinajstić information content (AvgIpc) is 2.23. The average molecular weight is 290 g/mol. The zero-order chi connectivity index (χ0) is 16.6. The fourth-order valence-corrected chi connectivity index (χ4v) is 3.05. The van der Waals surface area contributed by atoms with Gasteiger partial charge >= 0.3 is 0 Å². The Labute approximate surface area is 125 Å². The molecule has 0 aliphatic rings. The van der Waals surface area contributed by atoms with Gasteiger partial charge in [-0.25, -0.2) is 8.78 Å². The van der Waals surface area contributed by atoms with Crippen LogP contribution in [0.15, 0.2) is 0 Å². The van der Waals surface area contributed by atoms with Crippen molar-refractivity contribution in [2.45, 2.75) is 93.4 Å². The Hall–Kier alpha value is -0.140. The molecule has 0 radical (unpaired) electrons. The van der Waals surface area contributed by atoms with Gasteiger partial charge in [0.25, 0.3) is 0 Å². The Bertz CT molecular complexity index is 308. The molecule has 1 unspecified atom stereocenters. The van der Waals surface area contributed by atoms with Crippen LogP contribution in [0.1, 0.15) is 82.1 Å². The Balaban J connectivity index is 5.16. The minimum atomic E-state index is -1.29. The van der Waals surface area contributed by atoms with Crippen LogP contribution in [-0.4, -0.2) is 11.3 Å². The topological polar surface area (TPSA) is 0 Å². The van der Waals surface area contributed by atoms with Crippen LogP contribution in [-0.2, 0) is 0 Å². The molecule has 0 aliphatic heterocycles. The van der Waals surface area contributed by atoms with Crippen molar-refractivity contribution in [3.8, 4) is 0 Å². The molecule has 20 heavy (non-hydrogen) atoms. The van der Waals surface area contributed by atoms with Crippen LogP contribution in [0.4, 0.5) is 8.78 Å². The first kappa shape index (κ1) is 19.9. The first-order chi connectivity index (χ1) is 8.59. The third kappa shape index (κ3) is 3.74. The summed E-state index contributed by atoms with van der Waals surface area (Å²) in [6.07, 6.45) is 0.970. The predicted molar refractivity (Wildman–Crippen MR) is 85.5 cm³/mol. The number of alkyl halides is 2. The van der Waals surface area contributed by atoms with E-state index >= 15 is 4.39 Å². The van der Waals surface area contributed by atoms with Crippen LogP contribution >= 0.6 is 0 Å². The first-order valence-electron chi connectivity index (χ1n) is 7.97. The Morgan fingerprint density at radius 2 is 1.10 bits per heavy atom. The van der Waals surface area contributed by atoms with Gasteiger partial charge in [0.15, 0.2) is 0 Å². The van der Waals surface area contributed by atoms with E-state index in [1.807, 2.05) is 62.3 Å². The zero-order valence-corrected chi connectivity index (χ0v) is 15.3. The van der Waals surface area contributed by atoms with Gasteiger partial charge in [-0.2, -0.15) is 0 Å². The quantitative estimate of drug-likeness (QED) is 0.518. The number of halogens is 2. The Morgan fingerprint density at radius 3 is 1.35 bits per heavy atom. The van der Waals surface area contributed by atoms with Crippen LogP contribution in [0.5, 0.6) is 0 Å². The van der Waals surface area contributed by atoms with Crippen molar-refractivity contribution in [2.24, 2.45) is 22.7 Å². The number of hydrogen-bond acceptors (Lipinski definition) is 0. The molecule has 2 heteroatoms. The van der Waals surface area contributed by atoms with Crippen molar-refractivity contribution >= 4 is 0 Å². The summed E-state index contributed by atoms with van der Waals surface area (Å²) in [4.78, 5) is 0. The molecule has 0 aromatic carbocycles. The van der Waals surface area contributed by atoms with E-state index in [2.05, 4.69) is 0 Å². The molecular weight excluding hydrogens is 254 g/mol. The molecule has 0 spiro atoms. The molecule has 0 aliphatic carbocycles. The molecular formula is C18H36F2. The van der Waals surface area contributed by atoms with Crippen LogP contribution in [0, 0.1) is 22.7 Å². The number of hydrogen-bond donors (Lipinski definition) is 0. The molecule has 2 atom stereocenters. The molecule has 0 saturated heterocycles. The summed E-state index contributed by atoms with van der Waals surface area (Å²) in [6, 6.07) is 0. The van der Waals surface area contributed by atoms with Crippen LogP contribution < -0.4 is 0 Å². The highest BCUT2D eigenvalue weighted by atomic mass is 19.1. The smallest absolute Gasteiger partial charge is 0.118 e. The molecule has 0 aromatic rings. The van der Waals surface area contributed by atoms with Gasteiger partial charge in [-0.3, -0.25) is 0 Å². The van der Waals surface area contributed by atoms with Crippen molar-refractivity contribution in [1.29, 1.82) is 0 Å². The Kier molecular flexibility index (Phi) is 5.89. The molecule has 122 valence electrons. The third-order valence-corrected chi connectivity index (χ3v) is 5.68. The van der Waals surface area contributed by atoms with Gasteiger partial charge in [0, 0.05) is 0 Å². The lowest BCUT2D eigenvalue weighted by atomic mass is 9.63. The lowest BCUT2D eigenvalue weighted by molar-refractivity contribution is -0.0615. The fraction of sp³-hybridized carbons (Fsp3) is 1.00. The minimum absolute atomic E-state index is 0.0665. The molecule has 0 bridgehead atoms. The van der Waals surface area contributed by atoms with Gasteiger partial charge in [-0.1, -0.05) is 62.3 Å². The second kappa shape index (κ2) is 5.93. The summed E-state index contributed by atoms with van der Waals surface area (Å²) in [6.45, 7) is 19.0. The van der Waals surface area contributed by atoms with E-state index in [0.29, 0.717) is 12.8 Å². The summed E-state index contributed by atoms with van der Waals surface area (Å²) in [7, 11) is 0. The molecule has 0 N–H and O–H groups in total. The van der Waals surface area contributed by atoms with Crippen LogP contribution in [0.2, 0.25) is 0 Å². The van der Waals surface area contributed by atoms with Gasteiger partial charge in [0.05, 0.1) is 0 Å². The van der Waals surface area contributed by atoms with Gasteiger partial charge in [-0.05, 0) is 42.4 Å². The molecule has 0 nitrogen and oxygen atoms in total. The normalized spacial score (nSPS) is 20.1. The molecule has 0 fully saturated rings. The van der Waals surface area contributed by atoms with Gasteiger partial charge in [0.1, 0.15) is 11.3 Å². The predicted octanol–water partition coefficient (Wildman–Crippen LogP) is 6.59. The summed E-state index contributed by atoms with van der Waals surface area (Å²) >= 11 is 0. The maximum Gasteiger partial charge on any atom is 0.118 e. The molecule has 0 rings (SSSR count). The number of rotatable bonds is 6. The monoisotopic (exact) mass is 290 g/mol. The Morgan fingerprint density at radius 1 is 0.700 bits per heavy atom. The van der Waals surface area contributed by atoms with E-state index in [1.54, 1.807) is 6.92 Å². The highest BCUT2D eigenvalue weighted by Gasteiger charge is 2.49. The van der Waals surface area contributed by atoms with Crippen molar-refractivity contribution in [1.82, 2.24) is 0 Å². The highest BCUT2D eigenvalue weighted by Crippen LogP contribution is 2.49. The lowest BCUT2D eigenvalue weighted by Crippen LogP contribution is -2.47. The molecule has 0 aromatic heterocycles. The largest absolute Gasteiger partial charge is 0.243 e. The van der Waals surface area contributed by atoms with Gasteiger partial charge in [-0.15, -0.1) is 0 Å². The molecule has 0 saturated carbocycles. The summed E-state index contributed by atoms with van der Waals surface area (Å²) in [5.41, 5.74) is -3.51. The highest BCUT2D eigenvalue weighted by molar-refractivity contribution is 4.98. The fourth-order valence-electron chi connectivity index (χ4n) is 3.05. The first-order valence-corrected chi connectivity index (χ1v) is 7.97. The summed E-state index contributed by atoms with van der Waals surface area (Å²) in [5, 5.41) is 0. The summed E-state index contributed by atoms with van der Waals surface area (Å²) < 4.78 is 30.4. The van der Waals surface area contributed by atoms with Gasteiger partial charge < -0.3 is 0 Å².